The molecule has 0 bridgehead atoms. The van der Waals surface area contributed by atoms with E-state index < -0.39 is 0 Å². The van der Waals surface area contributed by atoms with E-state index in [1.807, 2.05) is 6.20 Å². The highest BCUT2D eigenvalue weighted by Gasteiger charge is 1.97. The van der Waals surface area contributed by atoms with Gasteiger partial charge in [-0.15, -0.1) is 5.10 Å². The third-order valence-electron chi connectivity index (χ3n) is 1.41. The molecule has 0 atom stereocenters. The van der Waals surface area contributed by atoms with Crippen LogP contribution < -0.4 is 0 Å². The maximum absolute atomic E-state index is 8.58. The molecule has 1 heterocycles. The standard InChI is InChI=1S/C7H13N3O/c1-2-4-10-6-7(3-5-11)8-9-10/h6,11H,2-5H2,1H3. The summed E-state index contributed by atoms with van der Waals surface area (Å²) in [6.07, 6.45) is 3.53. The van der Waals surface area contributed by atoms with Crippen molar-refractivity contribution in [2.45, 2.75) is 26.3 Å². The van der Waals surface area contributed by atoms with E-state index in [-0.39, 0.29) is 6.61 Å². The first-order chi connectivity index (χ1) is 5.36. The van der Waals surface area contributed by atoms with Crippen LogP contribution in [0.4, 0.5) is 0 Å². The van der Waals surface area contributed by atoms with Crippen molar-refractivity contribution in [3.8, 4) is 0 Å². The first kappa shape index (κ1) is 8.20. The smallest absolute Gasteiger partial charge is 0.0849 e. The Labute approximate surface area is 65.8 Å². The van der Waals surface area contributed by atoms with E-state index in [9.17, 15) is 0 Å². The molecule has 62 valence electrons. The zero-order chi connectivity index (χ0) is 8.10. The van der Waals surface area contributed by atoms with E-state index in [1.54, 1.807) is 4.68 Å². The molecule has 4 nitrogen and oxygen atoms in total. The number of aromatic nitrogens is 3. The van der Waals surface area contributed by atoms with Crippen LogP contribution in [0.15, 0.2) is 6.20 Å². The topological polar surface area (TPSA) is 50.9 Å². The van der Waals surface area contributed by atoms with Crippen LogP contribution in [-0.2, 0) is 13.0 Å². The number of aliphatic hydroxyl groups excluding tert-OH is 1. The van der Waals surface area contributed by atoms with Crippen LogP contribution in [0.3, 0.4) is 0 Å². The number of nitrogens with zero attached hydrogens (tertiary/aromatic N) is 3. The lowest BCUT2D eigenvalue weighted by Gasteiger charge is -1.92. The molecule has 0 aliphatic heterocycles. The zero-order valence-corrected chi connectivity index (χ0v) is 6.69. The molecule has 0 aliphatic carbocycles. The van der Waals surface area contributed by atoms with Gasteiger partial charge < -0.3 is 5.11 Å². The Bertz CT molecular complexity index is 189. The van der Waals surface area contributed by atoms with Crippen molar-refractivity contribution in [1.82, 2.24) is 15.0 Å². The minimum Gasteiger partial charge on any atom is -0.396 e. The van der Waals surface area contributed by atoms with Gasteiger partial charge in [0.1, 0.15) is 0 Å². The van der Waals surface area contributed by atoms with Crippen molar-refractivity contribution < 1.29 is 5.11 Å². The summed E-state index contributed by atoms with van der Waals surface area (Å²) >= 11 is 0. The second-order valence-electron chi connectivity index (χ2n) is 2.45. The van der Waals surface area contributed by atoms with Crippen molar-refractivity contribution >= 4 is 0 Å². The average Bonchev–Trinajstić information content (AvgIpc) is 2.38. The SMILES string of the molecule is CCCn1cc(CCO)nn1. The lowest BCUT2D eigenvalue weighted by Crippen LogP contribution is -1.96. The number of aryl methyl sites for hydroxylation is 1. The summed E-state index contributed by atoms with van der Waals surface area (Å²) in [5.41, 5.74) is 0.862. The van der Waals surface area contributed by atoms with Gasteiger partial charge in [-0.2, -0.15) is 0 Å². The van der Waals surface area contributed by atoms with Gasteiger partial charge >= 0.3 is 0 Å². The molecule has 0 saturated carbocycles. The molecule has 0 aliphatic rings. The van der Waals surface area contributed by atoms with Gasteiger partial charge in [0.25, 0.3) is 0 Å². The van der Waals surface area contributed by atoms with Crippen molar-refractivity contribution in [2.75, 3.05) is 6.61 Å². The van der Waals surface area contributed by atoms with Gasteiger partial charge in [0.05, 0.1) is 5.69 Å². The summed E-state index contributed by atoms with van der Waals surface area (Å²) in [4.78, 5) is 0. The van der Waals surface area contributed by atoms with Crippen LogP contribution in [0.25, 0.3) is 0 Å². The molecule has 1 rings (SSSR count). The second-order valence-corrected chi connectivity index (χ2v) is 2.45. The van der Waals surface area contributed by atoms with Gasteiger partial charge in [0.2, 0.25) is 0 Å². The lowest BCUT2D eigenvalue weighted by molar-refractivity contribution is 0.298. The van der Waals surface area contributed by atoms with Crippen molar-refractivity contribution in [3.05, 3.63) is 11.9 Å². The third-order valence-corrected chi connectivity index (χ3v) is 1.41. The molecule has 0 radical (unpaired) electrons. The molecule has 4 heteroatoms. The maximum atomic E-state index is 8.58. The normalized spacial score (nSPS) is 10.4. The molecule has 0 saturated heterocycles. The van der Waals surface area contributed by atoms with Crippen LogP contribution >= 0.6 is 0 Å². The Hall–Kier alpha value is -0.900. The van der Waals surface area contributed by atoms with Crippen LogP contribution in [0.1, 0.15) is 19.0 Å². The summed E-state index contributed by atoms with van der Waals surface area (Å²) < 4.78 is 1.80. The van der Waals surface area contributed by atoms with Gasteiger partial charge in [-0.1, -0.05) is 12.1 Å². The number of hydrogen-bond donors (Lipinski definition) is 1. The molecule has 1 N–H and O–H groups in total. The summed E-state index contributed by atoms with van der Waals surface area (Å²) in [6.45, 7) is 3.14. The summed E-state index contributed by atoms with van der Waals surface area (Å²) in [5.74, 6) is 0. The highest BCUT2D eigenvalue weighted by Crippen LogP contribution is 1.94. The summed E-state index contributed by atoms with van der Waals surface area (Å²) in [5, 5.41) is 16.3. The minimum absolute atomic E-state index is 0.144. The van der Waals surface area contributed by atoms with E-state index >= 15 is 0 Å². The average molecular weight is 155 g/mol. The Morgan fingerprint density at radius 1 is 1.64 bits per heavy atom. The van der Waals surface area contributed by atoms with Gasteiger partial charge in [-0.05, 0) is 6.42 Å². The van der Waals surface area contributed by atoms with Gasteiger partial charge in [0, 0.05) is 25.8 Å². The molecule has 11 heavy (non-hydrogen) atoms. The summed E-state index contributed by atoms with van der Waals surface area (Å²) in [7, 11) is 0. The first-order valence-corrected chi connectivity index (χ1v) is 3.86. The van der Waals surface area contributed by atoms with Crippen LogP contribution in [0.5, 0.6) is 0 Å². The Morgan fingerprint density at radius 3 is 3.09 bits per heavy atom. The number of hydrogen-bond acceptors (Lipinski definition) is 3. The van der Waals surface area contributed by atoms with E-state index in [2.05, 4.69) is 17.2 Å². The Balaban J connectivity index is 2.51. The van der Waals surface area contributed by atoms with E-state index in [1.165, 1.54) is 0 Å². The maximum Gasteiger partial charge on any atom is 0.0849 e. The fourth-order valence-electron chi connectivity index (χ4n) is 0.906. The lowest BCUT2D eigenvalue weighted by atomic mass is 10.3. The van der Waals surface area contributed by atoms with Gasteiger partial charge in [-0.25, -0.2) is 0 Å². The third kappa shape index (κ3) is 2.31. The largest absolute Gasteiger partial charge is 0.396 e. The second kappa shape index (κ2) is 4.08. The van der Waals surface area contributed by atoms with E-state index in [4.69, 9.17) is 5.11 Å². The number of rotatable bonds is 4. The Kier molecular flexibility index (Phi) is 3.04. The molecule has 0 amide bonds. The highest BCUT2D eigenvalue weighted by molar-refractivity contribution is 4.91. The fourth-order valence-corrected chi connectivity index (χ4v) is 0.906. The minimum atomic E-state index is 0.144. The monoisotopic (exact) mass is 155 g/mol. The zero-order valence-electron chi connectivity index (χ0n) is 6.69. The van der Waals surface area contributed by atoms with E-state index in [0.29, 0.717) is 6.42 Å². The predicted molar refractivity (Wildman–Crippen MR) is 41.1 cm³/mol. The van der Waals surface area contributed by atoms with Gasteiger partial charge in [-0.3, -0.25) is 4.68 Å². The molecule has 0 unspecified atom stereocenters. The first-order valence-electron chi connectivity index (χ1n) is 3.86. The van der Waals surface area contributed by atoms with E-state index in [0.717, 1.165) is 18.7 Å². The molecular formula is C7H13N3O. The van der Waals surface area contributed by atoms with Crippen LogP contribution in [0, 0.1) is 0 Å². The summed E-state index contributed by atoms with van der Waals surface area (Å²) in [6, 6.07) is 0. The fraction of sp³-hybridized carbons (Fsp3) is 0.714. The molecule has 1 aromatic heterocycles. The molecule has 0 aromatic carbocycles. The van der Waals surface area contributed by atoms with Crippen molar-refractivity contribution in [2.24, 2.45) is 0 Å². The quantitative estimate of drug-likeness (QED) is 0.676. The molecular weight excluding hydrogens is 142 g/mol. The molecule has 1 aromatic rings. The van der Waals surface area contributed by atoms with Gasteiger partial charge in [0.15, 0.2) is 0 Å². The Morgan fingerprint density at radius 2 is 2.45 bits per heavy atom. The highest BCUT2D eigenvalue weighted by atomic mass is 16.3. The van der Waals surface area contributed by atoms with Crippen molar-refractivity contribution in [1.29, 1.82) is 0 Å². The number of aliphatic hydroxyl groups is 1. The predicted octanol–water partition coefficient (Wildman–Crippen LogP) is 0.223. The van der Waals surface area contributed by atoms with Crippen LogP contribution in [-0.4, -0.2) is 26.7 Å². The molecule has 0 fully saturated rings. The van der Waals surface area contributed by atoms with Crippen LogP contribution in [0.2, 0.25) is 0 Å². The van der Waals surface area contributed by atoms with Crippen molar-refractivity contribution in [3.63, 3.8) is 0 Å². The molecule has 0 spiro atoms.